The number of para-hydroxylation sites is 2. The number of aromatic nitrogens is 2. The monoisotopic (exact) mass is 261 g/mol. The lowest BCUT2D eigenvalue weighted by Gasteiger charge is -2.15. The molecule has 0 spiro atoms. The van der Waals surface area contributed by atoms with E-state index in [0.29, 0.717) is 0 Å². The van der Waals surface area contributed by atoms with Gasteiger partial charge in [-0.3, -0.25) is 0 Å². The molecule has 0 amide bonds. The number of nitrogens with one attached hydrogen (secondary N) is 1. The SMILES string of the molecule is CCn1c(C(C)NCCC(C)O)nc2ccccc21. The van der Waals surface area contributed by atoms with E-state index in [0.717, 1.165) is 30.9 Å². The number of aryl methyl sites for hydroxylation is 1. The summed E-state index contributed by atoms with van der Waals surface area (Å²) in [5.74, 6) is 1.06. The van der Waals surface area contributed by atoms with Crippen molar-refractivity contribution in [3.05, 3.63) is 30.1 Å². The van der Waals surface area contributed by atoms with Gasteiger partial charge in [0.15, 0.2) is 0 Å². The zero-order valence-corrected chi connectivity index (χ0v) is 11.9. The van der Waals surface area contributed by atoms with Crippen LogP contribution in [-0.2, 0) is 6.54 Å². The molecule has 0 aliphatic carbocycles. The number of aliphatic hydroxyl groups is 1. The summed E-state index contributed by atoms with van der Waals surface area (Å²) in [6.45, 7) is 7.78. The van der Waals surface area contributed by atoms with Crippen molar-refractivity contribution >= 4 is 11.0 Å². The average Bonchev–Trinajstić information content (AvgIpc) is 2.76. The second-order valence-corrected chi connectivity index (χ2v) is 5.02. The zero-order chi connectivity index (χ0) is 13.8. The molecule has 19 heavy (non-hydrogen) atoms. The molecule has 4 heteroatoms. The Balaban J connectivity index is 2.19. The van der Waals surface area contributed by atoms with E-state index < -0.39 is 0 Å². The molecular weight excluding hydrogens is 238 g/mol. The molecule has 4 nitrogen and oxygen atoms in total. The van der Waals surface area contributed by atoms with Crippen molar-refractivity contribution in [2.45, 2.75) is 45.9 Å². The number of imidazole rings is 1. The lowest BCUT2D eigenvalue weighted by atomic mass is 10.2. The summed E-state index contributed by atoms with van der Waals surface area (Å²) in [6.07, 6.45) is 0.501. The lowest BCUT2D eigenvalue weighted by Crippen LogP contribution is -2.25. The first-order chi connectivity index (χ1) is 9.13. The molecule has 104 valence electrons. The summed E-state index contributed by atoms with van der Waals surface area (Å²) in [6, 6.07) is 8.41. The molecule has 0 aliphatic heterocycles. The van der Waals surface area contributed by atoms with E-state index in [2.05, 4.69) is 29.8 Å². The summed E-state index contributed by atoms with van der Waals surface area (Å²) in [7, 11) is 0. The van der Waals surface area contributed by atoms with E-state index in [9.17, 15) is 5.11 Å². The van der Waals surface area contributed by atoms with Crippen molar-refractivity contribution in [2.75, 3.05) is 6.54 Å². The number of aliphatic hydroxyl groups excluding tert-OH is 1. The molecule has 2 unspecified atom stereocenters. The van der Waals surface area contributed by atoms with Gasteiger partial charge in [0.05, 0.1) is 23.2 Å². The highest BCUT2D eigenvalue weighted by Gasteiger charge is 2.14. The van der Waals surface area contributed by atoms with E-state index >= 15 is 0 Å². The molecule has 0 fully saturated rings. The minimum atomic E-state index is -0.260. The van der Waals surface area contributed by atoms with Gasteiger partial charge >= 0.3 is 0 Å². The Bertz CT molecular complexity index is 533. The molecule has 0 saturated heterocycles. The van der Waals surface area contributed by atoms with Gasteiger partial charge in [-0.2, -0.15) is 0 Å². The van der Waals surface area contributed by atoms with E-state index in [1.54, 1.807) is 0 Å². The Labute approximate surface area is 114 Å². The van der Waals surface area contributed by atoms with Crippen LogP contribution < -0.4 is 5.32 Å². The molecule has 2 rings (SSSR count). The highest BCUT2D eigenvalue weighted by molar-refractivity contribution is 5.76. The van der Waals surface area contributed by atoms with Gasteiger partial charge in [0.25, 0.3) is 0 Å². The molecule has 0 bridgehead atoms. The third-order valence-electron chi connectivity index (χ3n) is 3.40. The van der Waals surface area contributed by atoms with Crippen LogP contribution in [0.1, 0.15) is 39.1 Å². The minimum absolute atomic E-state index is 0.186. The fourth-order valence-electron chi connectivity index (χ4n) is 2.36. The first-order valence-electron chi connectivity index (χ1n) is 7.00. The molecule has 2 atom stereocenters. The predicted octanol–water partition coefficient (Wildman–Crippen LogP) is 2.48. The Morgan fingerprint density at radius 2 is 2.05 bits per heavy atom. The summed E-state index contributed by atoms with van der Waals surface area (Å²) < 4.78 is 2.25. The van der Waals surface area contributed by atoms with Gasteiger partial charge in [-0.05, 0) is 45.9 Å². The van der Waals surface area contributed by atoms with Gasteiger partial charge < -0.3 is 15.0 Å². The first-order valence-corrected chi connectivity index (χ1v) is 7.00. The largest absolute Gasteiger partial charge is 0.393 e. The molecular formula is C15H23N3O. The van der Waals surface area contributed by atoms with Crippen molar-refractivity contribution in [1.29, 1.82) is 0 Å². The van der Waals surface area contributed by atoms with Gasteiger partial charge in [0.1, 0.15) is 5.82 Å². The number of fused-ring (bicyclic) bond motifs is 1. The third-order valence-corrected chi connectivity index (χ3v) is 3.40. The number of benzene rings is 1. The molecule has 0 aliphatic rings. The van der Waals surface area contributed by atoms with Gasteiger partial charge in [-0.25, -0.2) is 4.98 Å². The molecule has 1 aromatic carbocycles. The molecule has 2 N–H and O–H groups in total. The van der Waals surface area contributed by atoms with Crippen LogP contribution in [0.4, 0.5) is 0 Å². The van der Waals surface area contributed by atoms with Gasteiger partial charge in [-0.15, -0.1) is 0 Å². The van der Waals surface area contributed by atoms with Crippen LogP contribution in [0.15, 0.2) is 24.3 Å². The van der Waals surface area contributed by atoms with Crippen LogP contribution in [0.25, 0.3) is 11.0 Å². The number of nitrogens with zero attached hydrogens (tertiary/aromatic N) is 2. The summed E-state index contributed by atoms with van der Waals surface area (Å²) in [4.78, 5) is 4.72. The topological polar surface area (TPSA) is 50.1 Å². The minimum Gasteiger partial charge on any atom is -0.393 e. The summed E-state index contributed by atoms with van der Waals surface area (Å²) in [5, 5.41) is 12.7. The van der Waals surface area contributed by atoms with Gasteiger partial charge in [-0.1, -0.05) is 12.1 Å². The van der Waals surface area contributed by atoms with Crippen LogP contribution >= 0.6 is 0 Å². The van der Waals surface area contributed by atoms with Crippen molar-refractivity contribution in [2.24, 2.45) is 0 Å². The zero-order valence-electron chi connectivity index (χ0n) is 11.9. The maximum atomic E-state index is 9.29. The number of hydrogen-bond donors (Lipinski definition) is 2. The molecule has 0 saturated carbocycles. The molecule has 1 aromatic heterocycles. The number of hydrogen-bond acceptors (Lipinski definition) is 3. The second-order valence-electron chi connectivity index (χ2n) is 5.02. The highest BCUT2D eigenvalue weighted by Crippen LogP contribution is 2.20. The normalized spacial score (nSPS) is 14.7. The van der Waals surface area contributed by atoms with E-state index in [1.807, 2.05) is 25.1 Å². The smallest absolute Gasteiger partial charge is 0.126 e. The Hall–Kier alpha value is -1.39. The van der Waals surface area contributed by atoms with E-state index in [-0.39, 0.29) is 12.1 Å². The Morgan fingerprint density at radius 1 is 1.32 bits per heavy atom. The maximum Gasteiger partial charge on any atom is 0.126 e. The van der Waals surface area contributed by atoms with Gasteiger partial charge in [0, 0.05) is 6.54 Å². The number of rotatable bonds is 6. The Kier molecular flexibility index (Phi) is 4.56. The predicted molar refractivity (Wildman–Crippen MR) is 78.1 cm³/mol. The fraction of sp³-hybridized carbons (Fsp3) is 0.533. The second kappa shape index (κ2) is 6.17. The van der Waals surface area contributed by atoms with Gasteiger partial charge in [0.2, 0.25) is 0 Å². The standard InChI is InChI=1S/C15H23N3O/c1-4-18-14-8-6-5-7-13(14)17-15(18)12(3)16-10-9-11(2)19/h5-8,11-12,16,19H,4,9-10H2,1-3H3. The molecule has 0 radical (unpaired) electrons. The van der Waals surface area contributed by atoms with Crippen LogP contribution in [0.5, 0.6) is 0 Å². The van der Waals surface area contributed by atoms with Crippen molar-refractivity contribution < 1.29 is 5.11 Å². The molecule has 2 aromatic rings. The average molecular weight is 261 g/mol. The third kappa shape index (κ3) is 3.14. The van der Waals surface area contributed by atoms with Crippen molar-refractivity contribution in [1.82, 2.24) is 14.9 Å². The van der Waals surface area contributed by atoms with E-state index in [1.165, 1.54) is 5.52 Å². The van der Waals surface area contributed by atoms with E-state index in [4.69, 9.17) is 4.98 Å². The van der Waals surface area contributed by atoms with Crippen LogP contribution in [0, 0.1) is 0 Å². The summed E-state index contributed by atoms with van der Waals surface area (Å²) in [5.41, 5.74) is 2.23. The van der Waals surface area contributed by atoms with Crippen LogP contribution in [0.2, 0.25) is 0 Å². The Morgan fingerprint density at radius 3 is 2.74 bits per heavy atom. The quantitative estimate of drug-likeness (QED) is 0.840. The van der Waals surface area contributed by atoms with Crippen molar-refractivity contribution in [3.63, 3.8) is 0 Å². The first kappa shape index (κ1) is 14.0. The lowest BCUT2D eigenvalue weighted by molar-refractivity contribution is 0.182. The summed E-state index contributed by atoms with van der Waals surface area (Å²) >= 11 is 0. The van der Waals surface area contributed by atoms with Crippen LogP contribution in [-0.4, -0.2) is 27.3 Å². The highest BCUT2D eigenvalue weighted by atomic mass is 16.3. The van der Waals surface area contributed by atoms with Crippen LogP contribution in [0.3, 0.4) is 0 Å². The molecule has 1 heterocycles. The fourth-order valence-corrected chi connectivity index (χ4v) is 2.36. The van der Waals surface area contributed by atoms with Crippen molar-refractivity contribution in [3.8, 4) is 0 Å². The maximum absolute atomic E-state index is 9.29.